The van der Waals surface area contributed by atoms with E-state index in [-0.39, 0.29) is 36.9 Å². The van der Waals surface area contributed by atoms with E-state index in [9.17, 15) is 22.8 Å². The van der Waals surface area contributed by atoms with Gasteiger partial charge in [-0.05, 0) is 38.5 Å². The van der Waals surface area contributed by atoms with E-state index in [0.717, 1.165) is 0 Å². The number of likely N-dealkylation sites (tertiary alicyclic amines) is 1. The Morgan fingerprint density at radius 1 is 0.958 bits per heavy atom. The van der Waals surface area contributed by atoms with Crippen molar-refractivity contribution in [3.05, 3.63) is 0 Å². The normalized spacial score (nSPS) is 26.1. The first-order valence-corrected chi connectivity index (χ1v) is 8.30. The van der Waals surface area contributed by atoms with Crippen LogP contribution in [0.2, 0.25) is 0 Å². The first-order valence-electron chi connectivity index (χ1n) is 8.30. The van der Waals surface area contributed by atoms with Gasteiger partial charge in [0.1, 0.15) is 0 Å². The number of nitrogens with one attached hydrogen (secondary N) is 2. The van der Waals surface area contributed by atoms with Crippen LogP contribution in [0.4, 0.5) is 18.0 Å². The maximum absolute atomic E-state index is 12.2. The average molecular weight is 351 g/mol. The molecule has 0 atom stereocenters. The van der Waals surface area contributed by atoms with Crippen LogP contribution < -0.4 is 10.6 Å². The van der Waals surface area contributed by atoms with Crippen LogP contribution in [-0.2, 0) is 9.53 Å². The summed E-state index contributed by atoms with van der Waals surface area (Å²) < 4.78 is 40.5. The maximum Gasteiger partial charge on any atom is 0.522 e. The lowest BCUT2D eigenvalue weighted by molar-refractivity contribution is -0.345. The Bertz CT molecular complexity index is 443. The van der Waals surface area contributed by atoms with Gasteiger partial charge >= 0.3 is 12.4 Å². The molecule has 0 aromatic carbocycles. The lowest BCUT2D eigenvalue weighted by Crippen LogP contribution is -2.51. The summed E-state index contributed by atoms with van der Waals surface area (Å²) in [6, 6.07) is -0.405. The molecule has 2 fully saturated rings. The number of hydrogen-bond acceptors (Lipinski definition) is 3. The number of amides is 3. The topological polar surface area (TPSA) is 70.7 Å². The van der Waals surface area contributed by atoms with E-state index in [1.54, 1.807) is 4.90 Å². The minimum atomic E-state index is -4.60. The molecule has 2 rings (SSSR count). The van der Waals surface area contributed by atoms with Crippen molar-refractivity contribution < 1.29 is 27.5 Å². The Morgan fingerprint density at radius 2 is 1.46 bits per heavy atom. The number of ether oxygens (including phenoxy) is 1. The Kier molecular flexibility index (Phi) is 6.31. The van der Waals surface area contributed by atoms with E-state index >= 15 is 0 Å². The molecule has 2 N–H and O–H groups in total. The molecule has 0 spiro atoms. The first kappa shape index (κ1) is 18.8. The number of piperidine rings is 1. The molecule has 2 aliphatic rings. The van der Waals surface area contributed by atoms with Crippen LogP contribution >= 0.6 is 0 Å². The van der Waals surface area contributed by atoms with Gasteiger partial charge < -0.3 is 15.5 Å². The molecule has 1 aliphatic carbocycles. The van der Waals surface area contributed by atoms with Crippen LogP contribution in [0.25, 0.3) is 0 Å². The highest BCUT2D eigenvalue weighted by atomic mass is 19.4. The van der Waals surface area contributed by atoms with Gasteiger partial charge in [-0.25, -0.2) is 4.79 Å². The zero-order valence-corrected chi connectivity index (χ0v) is 13.7. The molecule has 1 saturated carbocycles. The average Bonchev–Trinajstić information content (AvgIpc) is 2.48. The lowest BCUT2D eigenvalue weighted by Gasteiger charge is -2.33. The van der Waals surface area contributed by atoms with Gasteiger partial charge in [0.25, 0.3) is 0 Å². The van der Waals surface area contributed by atoms with Gasteiger partial charge in [0, 0.05) is 32.1 Å². The fourth-order valence-electron chi connectivity index (χ4n) is 3.27. The van der Waals surface area contributed by atoms with E-state index in [1.165, 1.54) is 6.92 Å². The second kappa shape index (κ2) is 8.04. The van der Waals surface area contributed by atoms with Crippen molar-refractivity contribution >= 4 is 11.9 Å². The monoisotopic (exact) mass is 351 g/mol. The molecular weight excluding hydrogens is 327 g/mol. The zero-order chi connectivity index (χ0) is 17.7. The first-order chi connectivity index (χ1) is 11.2. The Morgan fingerprint density at radius 3 is 1.92 bits per heavy atom. The third kappa shape index (κ3) is 6.18. The molecule has 0 aromatic rings. The van der Waals surface area contributed by atoms with Crippen LogP contribution in [0.5, 0.6) is 0 Å². The molecule has 0 radical (unpaired) electrons. The van der Waals surface area contributed by atoms with Crippen molar-refractivity contribution in [3.8, 4) is 0 Å². The number of urea groups is 1. The number of carbonyl (C=O) groups excluding carboxylic acids is 2. The number of carbonyl (C=O) groups is 2. The van der Waals surface area contributed by atoms with Crippen molar-refractivity contribution in [3.63, 3.8) is 0 Å². The van der Waals surface area contributed by atoms with E-state index in [1.807, 2.05) is 0 Å². The fraction of sp³-hybridized carbons (Fsp3) is 0.867. The molecule has 1 heterocycles. The van der Waals surface area contributed by atoms with Crippen LogP contribution in [0.3, 0.4) is 0 Å². The number of nitrogens with zero attached hydrogens (tertiary/aromatic N) is 1. The number of rotatable bonds is 3. The summed E-state index contributed by atoms with van der Waals surface area (Å²) >= 11 is 0. The smallest absolute Gasteiger partial charge is 0.343 e. The van der Waals surface area contributed by atoms with Gasteiger partial charge in [0.15, 0.2) is 0 Å². The lowest BCUT2D eigenvalue weighted by atomic mass is 9.93. The number of halogens is 3. The van der Waals surface area contributed by atoms with E-state index < -0.39 is 12.5 Å². The zero-order valence-electron chi connectivity index (χ0n) is 13.7. The summed E-state index contributed by atoms with van der Waals surface area (Å²) in [6.07, 6.45) is -2.51. The van der Waals surface area contributed by atoms with Gasteiger partial charge in [-0.2, -0.15) is 0 Å². The van der Waals surface area contributed by atoms with Crippen molar-refractivity contribution in [1.29, 1.82) is 0 Å². The van der Waals surface area contributed by atoms with Gasteiger partial charge in [-0.3, -0.25) is 9.53 Å². The predicted octanol–water partition coefficient (Wildman–Crippen LogP) is 2.14. The minimum Gasteiger partial charge on any atom is -0.343 e. The van der Waals surface area contributed by atoms with Crippen molar-refractivity contribution in [2.24, 2.45) is 0 Å². The summed E-state index contributed by atoms with van der Waals surface area (Å²) in [6.45, 7) is 2.78. The van der Waals surface area contributed by atoms with Gasteiger partial charge in [-0.15, -0.1) is 13.2 Å². The third-order valence-corrected chi connectivity index (χ3v) is 4.59. The highest BCUT2D eigenvalue weighted by Gasteiger charge is 2.35. The SMILES string of the molecule is CC(=O)N1CCC(NC(=O)NC2CCC(OC(F)(F)F)CC2)CC1. The predicted molar refractivity (Wildman–Crippen MR) is 80.1 cm³/mol. The molecular formula is C15H24F3N3O3. The molecule has 0 aromatic heterocycles. The number of alkyl halides is 3. The fourth-order valence-corrected chi connectivity index (χ4v) is 3.27. The molecule has 0 unspecified atom stereocenters. The third-order valence-electron chi connectivity index (χ3n) is 4.59. The highest BCUT2D eigenvalue weighted by Crippen LogP contribution is 2.28. The van der Waals surface area contributed by atoms with Gasteiger partial charge in [-0.1, -0.05) is 0 Å². The molecule has 1 aliphatic heterocycles. The van der Waals surface area contributed by atoms with Crippen molar-refractivity contribution in [2.45, 2.75) is 70.0 Å². The van der Waals surface area contributed by atoms with Gasteiger partial charge in [0.05, 0.1) is 6.10 Å². The molecule has 3 amide bonds. The Balaban J connectivity index is 1.64. The van der Waals surface area contributed by atoms with Gasteiger partial charge in [0.2, 0.25) is 5.91 Å². The molecule has 0 bridgehead atoms. The maximum atomic E-state index is 12.2. The quantitative estimate of drug-likeness (QED) is 0.818. The summed E-state index contributed by atoms with van der Waals surface area (Å²) in [4.78, 5) is 25.0. The second-order valence-corrected chi connectivity index (χ2v) is 6.44. The number of hydrogen-bond donors (Lipinski definition) is 2. The van der Waals surface area contributed by atoms with Crippen molar-refractivity contribution in [1.82, 2.24) is 15.5 Å². The molecule has 9 heteroatoms. The summed E-state index contributed by atoms with van der Waals surface area (Å²) in [5, 5.41) is 5.69. The van der Waals surface area contributed by atoms with Crippen LogP contribution in [0.1, 0.15) is 45.4 Å². The highest BCUT2D eigenvalue weighted by molar-refractivity contribution is 5.75. The standard InChI is InChI=1S/C15H24F3N3O3/c1-10(22)21-8-6-12(7-9-21)20-14(23)19-11-2-4-13(5-3-11)24-15(16,17)18/h11-13H,2-9H2,1H3,(H2,19,20,23). The van der Waals surface area contributed by atoms with Crippen LogP contribution in [0, 0.1) is 0 Å². The largest absolute Gasteiger partial charge is 0.522 e. The summed E-state index contributed by atoms with van der Waals surface area (Å²) in [5.74, 6) is 0.0377. The van der Waals surface area contributed by atoms with Crippen molar-refractivity contribution in [2.75, 3.05) is 13.1 Å². The van der Waals surface area contributed by atoms with E-state index in [4.69, 9.17) is 0 Å². The van der Waals surface area contributed by atoms with E-state index in [2.05, 4.69) is 15.4 Å². The summed E-state index contributed by atoms with van der Waals surface area (Å²) in [7, 11) is 0. The Hall–Kier alpha value is -1.51. The molecule has 1 saturated heterocycles. The Labute approximate surface area is 139 Å². The molecule has 138 valence electrons. The minimum absolute atomic E-state index is 0.0190. The van der Waals surface area contributed by atoms with Crippen LogP contribution in [0.15, 0.2) is 0 Å². The van der Waals surface area contributed by atoms with E-state index in [0.29, 0.717) is 38.8 Å². The van der Waals surface area contributed by atoms with Crippen LogP contribution in [-0.4, -0.2) is 54.5 Å². The second-order valence-electron chi connectivity index (χ2n) is 6.44. The molecule has 6 nitrogen and oxygen atoms in total. The summed E-state index contributed by atoms with van der Waals surface area (Å²) in [5.41, 5.74) is 0. The molecule has 24 heavy (non-hydrogen) atoms.